The van der Waals surface area contributed by atoms with Gasteiger partial charge in [0.2, 0.25) is 12.7 Å². The van der Waals surface area contributed by atoms with Crippen molar-refractivity contribution in [1.29, 1.82) is 0 Å². The average Bonchev–Trinajstić information content (AvgIpc) is 3.22. The molecular formula is C21H19N3O5. The van der Waals surface area contributed by atoms with Crippen LogP contribution in [0.25, 0.3) is 11.3 Å². The predicted molar refractivity (Wildman–Crippen MR) is 105 cm³/mol. The minimum Gasteiger partial charge on any atom is -0.497 e. The van der Waals surface area contributed by atoms with Crippen molar-refractivity contribution in [2.24, 2.45) is 0 Å². The molecule has 1 aromatic heterocycles. The summed E-state index contributed by atoms with van der Waals surface area (Å²) in [6, 6.07) is 14.1. The summed E-state index contributed by atoms with van der Waals surface area (Å²) in [5.41, 5.74) is 1.91. The SMILES string of the molecule is COc1ccc(-c2cc(=O)n(CC(=O)NCc3ccc4c(c3)OCO4)cn2)cc1. The van der Waals surface area contributed by atoms with Gasteiger partial charge in [-0.2, -0.15) is 0 Å². The van der Waals surface area contributed by atoms with Gasteiger partial charge in [-0.1, -0.05) is 6.07 Å². The van der Waals surface area contributed by atoms with E-state index in [4.69, 9.17) is 14.2 Å². The first-order valence-electron chi connectivity index (χ1n) is 8.98. The highest BCUT2D eigenvalue weighted by Gasteiger charge is 2.13. The first-order valence-corrected chi connectivity index (χ1v) is 8.98. The number of carbonyl (C=O) groups excluding carboxylic acids is 1. The number of carbonyl (C=O) groups is 1. The highest BCUT2D eigenvalue weighted by molar-refractivity contribution is 5.75. The van der Waals surface area contributed by atoms with Gasteiger partial charge in [-0.25, -0.2) is 4.98 Å². The van der Waals surface area contributed by atoms with Gasteiger partial charge in [-0.3, -0.25) is 14.2 Å². The second-order valence-electron chi connectivity index (χ2n) is 6.43. The molecule has 1 amide bonds. The van der Waals surface area contributed by atoms with E-state index in [1.54, 1.807) is 25.3 Å². The Morgan fingerprint density at radius 2 is 1.93 bits per heavy atom. The number of fused-ring (bicyclic) bond motifs is 1. The number of hydrogen-bond acceptors (Lipinski definition) is 6. The van der Waals surface area contributed by atoms with Gasteiger partial charge in [0.15, 0.2) is 11.5 Å². The summed E-state index contributed by atoms with van der Waals surface area (Å²) in [6.07, 6.45) is 1.38. The van der Waals surface area contributed by atoms with E-state index in [0.717, 1.165) is 16.9 Å². The van der Waals surface area contributed by atoms with E-state index in [9.17, 15) is 9.59 Å². The number of nitrogens with one attached hydrogen (secondary N) is 1. The quantitative estimate of drug-likeness (QED) is 0.688. The fraction of sp³-hybridized carbons (Fsp3) is 0.190. The number of nitrogens with zero attached hydrogens (tertiary/aromatic N) is 2. The van der Waals surface area contributed by atoms with E-state index in [2.05, 4.69) is 10.3 Å². The lowest BCUT2D eigenvalue weighted by Gasteiger charge is -2.09. The van der Waals surface area contributed by atoms with Crippen molar-refractivity contribution in [2.75, 3.05) is 13.9 Å². The Hall–Kier alpha value is -3.81. The molecule has 0 radical (unpaired) electrons. The zero-order valence-corrected chi connectivity index (χ0v) is 15.8. The van der Waals surface area contributed by atoms with Gasteiger partial charge in [0.25, 0.3) is 5.56 Å². The van der Waals surface area contributed by atoms with Crippen LogP contribution in [0.4, 0.5) is 0 Å². The summed E-state index contributed by atoms with van der Waals surface area (Å²) in [6.45, 7) is 0.411. The third-order valence-corrected chi connectivity index (χ3v) is 4.51. The van der Waals surface area contributed by atoms with Crippen LogP contribution in [0, 0.1) is 0 Å². The Bertz CT molecular complexity index is 1090. The Labute approximate surface area is 166 Å². The molecule has 0 spiro atoms. The van der Waals surface area contributed by atoms with Crippen molar-refractivity contribution in [3.8, 4) is 28.5 Å². The smallest absolute Gasteiger partial charge is 0.254 e. The van der Waals surface area contributed by atoms with Crippen LogP contribution in [0.1, 0.15) is 5.56 Å². The Morgan fingerprint density at radius 3 is 2.69 bits per heavy atom. The van der Waals surface area contributed by atoms with Gasteiger partial charge in [-0.15, -0.1) is 0 Å². The van der Waals surface area contributed by atoms with Crippen molar-refractivity contribution in [3.05, 3.63) is 70.8 Å². The van der Waals surface area contributed by atoms with Crippen LogP contribution in [-0.2, 0) is 17.9 Å². The number of methoxy groups -OCH3 is 1. The van der Waals surface area contributed by atoms with Crippen LogP contribution in [0.15, 0.2) is 59.7 Å². The molecule has 0 unspecified atom stereocenters. The molecule has 8 nitrogen and oxygen atoms in total. The van der Waals surface area contributed by atoms with Gasteiger partial charge >= 0.3 is 0 Å². The molecule has 1 aliphatic rings. The van der Waals surface area contributed by atoms with Crippen molar-refractivity contribution in [3.63, 3.8) is 0 Å². The van der Waals surface area contributed by atoms with Crippen molar-refractivity contribution in [2.45, 2.75) is 13.1 Å². The minimum absolute atomic E-state index is 0.112. The van der Waals surface area contributed by atoms with Gasteiger partial charge < -0.3 is 19.5 Å². The molecule has 0 bridgehead atoms. The lowest BCUT2D eigenvalue weighted by atomic mass is 10.1. The first kappa shape index (κ1) is 18.5. The third kappa shape index (κ3) is 4.21. The number of ether oxygens (including phenoxy) is 3. The molecule has 0 saturated carbocycles. The Balaban J connectivity index is 1.38. The highest BCUT2D eigenvalue weighted by Crippen LogP contribution is 2.32. The topological polar surface area (TPSA) is 91.7 Å². The zero-order chi connectivity index (χ0) is 20.2. The molecule has 0 saturated heterocycles. The maximum absolute atomic E-state index is 12.4. The van der Waals surface area contributed by atoms with Crippen LogP contribution in [0.2, 0.25) is 0 Å². The lowest BCUT2D eigenvalue weighted by Crippen LogP contribution is -2.31. The zero-order valence-electron chi connectivity index (χ0n) is 15.8. The molecule has 29 heavy (non-hydrogen) atoms. The monoisotopic (exact) mass is 393 g/mol. The van der Waals surface area contributed by atoms with Crippen LogP contribution in [-0.4, -0.2) is 29.4 Å². The van der Waals surface area contributed by atoms with Gasteiger partial charge in [0.05, 0.1) is 19.1 Å². The maximum atomic E-state index is 12.4. The van der Waals surface area contributed by atoms with Gasteiger partial charge in [0.1, 0.15) is 12.3 Å². The standard InChI is InChI=1S/C21H19N3O5/c1-27-16-5-3-15(4-6-16)17-9-21(26)24(12-23-17)11-20(25)22-10-14-2-7-18-19(8-14)29-13-28-18/h2-9,12H,10-11,13H2,1H3,(H,22,25). The Kier molecular flexibility index (Phi) is 5.15. The van der Waals surface area contributed by atoms with Crippen LogP contribution in [0.5, 0.6) is 17.2 Å². The fourth-order valence-electron chi connectivity index (χ4n) is 2.93. The van der Waals surface area contributed by atoms with E-state index < -0.39 is 0 Å². The molecule has 4 rings (SSSR count). The molecule has 2 heterocycles. The van der Waals surface area contributed by atoms with Gasteiger partial charge in [-0.05, 0) is 42.0 Å². The van der Waals surface area contributed by atoms with Crippen LogP contribution >= 0.6 is 0 Å². The molecule has 8 heteroatoms. The highest BCUT2D eigenvalue weighted by atomic mass is 16.7. The largest absolute Gasteiger partial charge is 0.497 e. The maximum Gasteiger partial charge on any atom is 0.254 e. The fourth-order valence-corrected chi connectivity index (χ4v) is 2.93. The second kappa shape index (κ2) is 8.05. The number of amides is 1. The average molecular weight is 393 g/mol. The second-order valence-corrected chi connectivity index (χ2v) is 6.43. The molecule has 0 aliphatic carbocycles. The number of hydrogen-bond donors (Lipinski definition) is 1. The predicted octanol–water partition coefficient (Wildman–Crippen LogP) is 1.96. The molecule has 1 N–H and O–H groups in total. The van der Waals surface area contributed by atoms with Crippen LogP contribution < -0.4 is 25.1 Å². The molecule has 0 atom stereocenters. The van der Waals surface area contributed by atoms with E-state index in [-0.39, 0.29) is 24.8 Å². The molecular weight excluding hydrogens is 374 g/mol. The van der Waals surface area contributed by atoms with Crippen molar-refractivity contribution >= 4 is 5.91 Å². The van der Waals surface area contributed by atoms with Crippen LogP contribution in [0.3, 0.4) is 0 Å². The molecule has 148 valence electrons. The van der Waals surface area contributed by atoms with Crippen molar-refractivity contribution in [1.82, 2.24) is 14.9 Å². The number of benzene rings is 2. The van der Waals surface area contributed by atoms with E-state index >= 15 is 0 Å². The molecule has 3 aromatic rings. The van der Waals surface area contributed by atoms with Gasteiger partial charge in [0, 0.05) is 18.2 Å². The normalized spacial score (nSPS) is 11.9. The van der Waals surface area contributed by atoms with E-state index in [0.29, 0.717) is 23.7 Å². The summed E-state index contributed by atoms with van der Waals surface area (Å²) in [4.78, 5) is 28.9. The summed E-state index contributed by atoms with van der Waals surface area (Å²) in [7, 11) is 1.59. The summed E-state index contributed by atoms with van der Waals surface area (Å²) in [5, 5.41) is 2.79. The number of rotatable bonds is 6. The third-order valence-electron chi connectivity index (χ3n) is 4.51. The Morgan fingerprint density at radius 1 is 1.14 bits per heavy atom. The minimum atomic E-state index is -0.302. The lowest BCUT2D eigenvalue weighted by molar-refractivity contribution is -0.121. The molecule has 2 aromatic carbocycles. The molecule has 1 aliphatic heterocycles. The van der Waals surface area contributed by atoms with Crippen molar-refractivity contribution < 1.29 is 19.0 Å². The summed E-state index contributed by atoms with van der Waals surface area (Å²) >= 11 is 0. The van der Waals surface area contributed by atoms with E-state index in [1.165, 1.54) is 17.0 Å². The number of aromatic nitrogens is 2. The summed E-state index contributed by atoms with van der Waals surface area (Å²) < 4.78 is 17.0. The molecule has 0 fully saturated rings. The summed E-state index contributed by atoms with van der Waals surface area (Å²) in [5.74, 6) is 1.78. The van der Waals surface area contributed by atoms with E-state index in [1.807, 2.05) is 24.3 Å². The first-order chi connectivity index (χ1) is 14.1.